The zero-order valence-corrected chi connectivity index (χ0v) is 20.1. The van der Waals surface area contributed by atoms with Gasteiger partial charge in [-0.2, -0.15) is 4.31 Å². The number of amides is 1. The summed E-state index contributed by atoms with van der Waals surface area (Å²) in [5, 5.41) is 14.5. The van der Waals surface area contributed by atoms with Crippen molar-refractivity contribution in [2.45, 2.75) is 37.7 Å². The van der Waals surface area contributed by atoms with E-state index in [1.54, 1.807) is 27.8 Å². The Balaban J connectivity index is 2.01. The van der Waals surface area contributed by atoms with E-state index in [-0.39, 0.29) is 16.3 Å². The minimum atomic E-state index is -3.80. The zero-order valence-electron chi connectivity index (χ0n) is 19.3. The van der Waals surface area contributed by atoms with E-state index in [0.717, 1.165) is 6.07 Å². The van der Waals surface area contributed by atoms with E-state index < -0.39 is 26.6 Å². The summed E-state index contributed by atoms with van der Waals surface area (Å²) < 4.78 is 32.4. The molecule has 1 heterocycles. The number of carbonyl (C=O) groups is 1. The molecule has 1 aliphatic heterocycles. The van der Waals surface area contributed by atoms with Crippen LogP contribution in [0.25, 0.3) is 0 Å². The second kappa shape index (κ2) is 10.5. The number of nitrogens with zero attached hydrogens (tertiary/aromatic N) is 4. The molecular weight excluding hydrogens is 438 g/mol. The molecule has 1 aromatic rings. The molecule has 1 saturated heterocycles. The van der Waals surface area contributed by atoms with Crippen LogP contribution in [-0.4, -0.2) is 92.5 Å². The van der Waals surface area contributed by atoms with Crippen LogP contribution in [0.4, 0.5) is 16.2 Å². The molecule has 0 saturated carbocycles. The number of nitro groups is 1. The summed E-state index contributed by atoms with van der Waals surface area (Å²) in [5.41, 5.74) is -0.663. The van der Waals surface area contributed by atoms with Crippen molar-refractivity contribution in [3.05, 3.63) is 28.3 Å². The maximum Gasteiger partial charge on any atom is 0.410 e. The van der Waals surface area contributed by atoms with Crippen molar-refractivity contribution in [3.63, 3.8) is 0 Å². The van der Waals surface area contributed by atoms with E-state index in [1.807, 2.05) is 11.9 Å². The summed E-state index contributed by atoms with van der Waals surface area (Å²) in [6.45, 7) is 8.02. The van der Waals surface area contributed by atoms with Crippen LogP contribution in [0.5, 0.6) is 0 Å². The summed E-state index contributed by atoms with van der Waals surface area (Å²) in [6.07, 6.45) is 0.0794. The fraction of sp³-hybridized carbons (Fsp3) is 0.650. The number of hydrogen-bond acceptors (Lipinski definition) is 8. The number of nitrogens with one attached hydrogen (secondary N) is 1. The van der Waals surface area contributed by atoms with E-state index in [2.05, 4.69) is 5.32 Å². The first-order chi connectivity index (χ1) is 14.8. The number of nitro benzene ring substituents is 1. The Morgan fingerprint density at radius 3 is 2.44 bits per heavy atom. The zero-order chi connectivity index (χ0) is 24.1. The number of carbonyl (C=O) groups excluding carboxylic acids is 1. The molecule has 0 spiro atoms. The fourth-order valence-corrected chi connectivity index (χ4v) is 4.56. The van der Waals surface area contributed by atoms with Gasteiger partial charge in [0.15, 0.2) is 0 Å². The van der Waals surface area contributed by atoms with Crippen LogP contribution in [0.2, 0.25) is 0 Å². The van der Waals surface area contributed by atoms with Gasteiger partial charge in [0.25, 0.3) is 5.69 Å². The summed E-state index contributed by atoms with van der Waals surface area (Å²) >= 11 is 0. The van der Waals surface area contributed by atoms with E-state index >= 15 is 0 Å². The Kier molecular flexibility index (Phi) is 8.43. The summed E-state index contributed by atoms with van der Waals surface area (Å²) in [5.74, 6) is 0. The normalized spacial score (nSPS) is 15.9. The smallest absolute Gasteiger partial charge is 0.410 e. The van der Waals surface area contributed by atoms with Crippen LogP contribution >= 0.6 is 0 Å². The number of benzene rings is 1. The Bertz CT molecular complexity index is 923. The molecular formula is C20H33N5O6S. The third-order valence-electron chi connectivity index (χ3n) is 4.96. The highest BCUT2D eigenvalue weighted by Gasteiger charge is 2.29. The quantitative estimate of drug-likeness (QED) is 0.347. The van der Waals surface area contributed by atoms with Crippen molar-refractivity contribution < 1.29 is 22.9 Å². The molecule has 0 bridgehead atoms. The van der Waals surface area contributed by atoms with Gasteiger partial charge in [-0.1, -0.05) is 0 Å². The van der Waals surface area contributed by atoms with E-state index in [4.69, 9.17) is 4.74 Å². The molecule has 1 N–H and O–H groups in total. The second-order valence-corrected chi connectivity index (χ2v) is 10.8. The molecule has 1 fully saturated rings. The van der Waals surface area contributed by atoms with Gasteiger partial charge in [0.05, 0.1) is 9.82 Å². The molecule has 12 heteroatoms. The standard InChI is InChI=1S/C20H33N5O6S/c1-20(2,3)31-19(26)23(5)10-6-9-21-17-8-7-16(15-18(17)25(27)28)32(29,30)24-13-11-22(4)12-14-24/h7-8,15,21H,6,9-14H2,1-5H3. The van der Waals surface area contributed by atoms with Crippen molar-refractivity contribution >= 4 is 27.5 Å². The third-order valence-corrected chi connectivity index (χ3v) is 6.85. The highest BCUT2D eigenvalue weighted by Crippen LogP contribution is 2.29. The van der Waals surface area contributed by atoms with Gasteiger partial charge in [-0.15, -0.1) is 0 Å². The first-order valence-electron chi connectivity index (χ1n) is 10.5. The van der Waals surface area contributed by atoms with Gasteiger partial charge in [0.2, 0.25) is 10.0 Å². The number of hydrogen-bond donors (Lipinski definition) is 1. The predicted molar refractivity (Wildman–Crippen MR) is 121 cm³/mol. The Hall–Kier alpha value is -2.44. The third kappa shape index (κ3) is 7.04. The number of likely N-dealkylation sites (N-methyl/N-ethyl adjacent to an activating group) is 1. The Morgan fingerprint density at radius 2 is 1.88 bits per heavy atom. The van der Waals surface area contributed by atoms with Crippen LogP contribution in [0.3, 0.4) is 0 Å². The summed E-state index contributed by atoms with van der Waals surface area (Å²) in [4.78, 5) is 26.3. The molecule has 1 aliphatic rings. The molecule has 1 aromatic carbocycles. The second-order valence-electron chi connectivity index (χ2n) is 8.83. The van der Waals surface area contributed by atoms with Gasteiger partial charge in [-0.3, -0.25) is 10.1 Å². The lowest BCUT2D eigenvalue weighted by molar-refractivity contribution is -0.384. The van der Waals surface area contributed by atoms with Gasteiger partial charge >= 0.3 is 6.09 Å². The van der Waals surface area contributed by atoms with Gasteiger partial charge in [0, 0.05) is 52.4 Å². The van der Waals surface area contributed by atoms with Crippen molar-refractivity contribution in [2.24, 2.45) is 0 Å². The van der Waals surface area contributed by atoms with Gasteiger partial charge in [-0.05, 0) is 46.4 Å². The van der Waals surface area contributed by atoms with E-state index in [9.17, 15) is 23.3 Å². The largest absolute Gasteiger partial charge is 0.444 e. The first-order valence-corrected chi connectivity index (χ1v) is 11.9. The molecule has 1 amide bonds. The van der Waals surface area contributed by atoms with E-state index in [1.165, 1.54) is 21.3 Å². The average molecular weight is 472 g/mol. The van der Waals surface area contributed by atoms with Crippen LogP contribution in [0, 0.1) is 10.1 Å². The molecule has 0 aromatic heterocycles. The van der Waals surface area contributed by atoms with Crippen molar-refractivity contribution in [1.82, 2.24) is 14.1 Å². The van der Waals surface area contributed by atoms with Crippen LogP contribution in [0.15, 0.2) is 23.1 Å². The van der Waals surface area contributed by atoms with Gasteiger partial charge in [0.1, 0.15) is 11.3 Å². The molecule has 180 valence electrons. The average Bonchev–Trinajstić information content (AvgIpc) is 2.69. The lowest BCUT2D eigenvalue weighted by atomic mass is 10.2. The highest BCUT2D eigenvalue weighted by molar-refractivity contribution is 7.89. The minimum Gasteiger partial charge on any atom is -0.444 e. The number of rotatable bonds is 8. The fourth-order valence-electron chi connectivity index (χ4n) is 3.12. The van der Waals surface area contributed by atoms with Crippen molar-refractivity contribution in [1.29, 1.82) is 0 Å². The minimum absolute atomic E-state index is 0.0936. The summed E-state index contributed by atoms with van der Waals surface area (Å²) in [6, 6.07) is 3.90. The first kappa shape index (κ1) is 25.8. The molecule has 0 atom stereocenters. The van der Waals surface area contributed by atoms with Crippen LogP contribution in [-0.2, 0) is 14.8 Å². The number of sulfonamides is 1. The number of anilines is 1. The Morgan fingerprint density at radius 1 is 1.25 bits per heavy atom. The topological polar surface area (TPSA) is 125 Å². The van der Waals surface area contributed by atoms with Crippen molar-refractivity contribution in [3.8, 4) is 0 Å². The van der Waals surface area contributed by atoms with Crippen LogP contribution < -0.4 is 5.32 Å². The molecule has 0 unspecified atom stereocenters. The van der Waals surface area contributed by atoms with Gasteiger partial charge < -0.3 is 19.9 Å². The number of piperazine rings is 1. The highest BCUT2D eigenvalue weighted by atomic mass is 32.2. The Labute approximate surface area is 189 Å². The molecule has 0 aliphatic carbocycles. The lowest BCUT2D eigenvalue weighted by Crippen LogP contribution is -2.47. The van der Waals surface area contributed by atoms with Crippen LogP contribution in [0.1, 0.15) is 27.2 Å². The van der Waals surface area contributed by atoms with Crippen molar-refractivity contribution in [2.75, 3.05) is 58.7 Å². The molecule has 32 heavy (non-hydrogen) atoms. The number of ether oxygens (including phenoxy) is 1. The molecule has 2 rings (SSSR count). The molecule has 0 radical (unpaired) electrons. The molecule has 11 nitrogen and oxygen atoms in total. The maximum absolute atomic E-state index is 12.9. The lowest BCUT2D eigenvalue weighted by Gasteiger charge is -2.31. The predicted octanol–water partition coefficient (Wildman–Crippen LogP) is 2.20. The summed E-state index contributed by atoms with van der Waals surface area (Å²) in [7, 11) is -0.266. The maximum atomic E-state index is 12.9. The monoisotopic (exact) mass is 471 g/mol. The van der Waals surface area contributed by atoms with Gasteiger partial charge in [-0.25, -0.2) is 13.2 Å². The SMILES string of the molecule is CN1CCN(S(=O)(=O)c2ccc(NCCCN(C)C(=O)OC(C)(C)C)c([N+](=O)[O-])c2)CC1. The van der Waals surface area contributed by atoms with E-state index in [0.29, 0.717) is 45.7 Å².